The number of para-hydroxylation sites is 1. The van der Waals surface area contributed by atoms with Gasteiger partial charge in [-0.05, 0) is 36.6 Å². The van der Waals surface area contributed by atoms with E-state index in [4.69, 9.17) is 21.3 Å². The average molecular weight is 479 g/mol. The lowest BCUT2D eigenvalue weighted by Gasteiger charge is -2.32. The minimum absolute atomic E-state index is 0.101. The van der Waals surface area contributed by atoms with Crippen LogP contribution in [0, 0.1) is 0 Å². The van der Waals surface area contributed by atoms with E-state index < -0.39 is 0 Å². The maximum absolute atomic E-state index is 13.2. The Labute approximate surface area is 200 Å². The molecule has 0 aliphatic carbocycles. The van der Waals surface area contributed by atoms with Gasteiger partial charge in [0.05, 0.1) is 19.2 Å². The minimum Gasteiger partial charge on any atom is -0.496 e. The molecule has 2 aromatic carbocycles. The highest BCUT2D eigenvalue weighted by Crippen LogP contribution is 2.28. The summed E-state index contributed by atoms with van der Waals surface area (Å²) in [6, 6.07) is 14.6. The fraction of sp³-hybridized carbons (Fsp3) is 0.292. The molecule has 1 N–H and O–H groups in total. The largest absolute Gasteiger partial charge is 0.496 e. The predicted molar refractivity (Wildman–Crippen MR) is 127 cm³/mol. The van der Waals surface area contributed by atoms with Crippen molar-refractivity contribution < 1.29 is 9.53 Å². The number of amides is 1. The van der Waals surface area contributed by atoms with Crippen molar-refractivity contribution in [1.29, 1.82) is 0 Å². The molecular formula is C24H23ClN6O3. The standard InChI is InChI=1S/C24H23ClN6O3/c1-34-19-11-5-3-9-17(19)24(33)30-12-6-8-16(13-30)21-26-22-20(23(32)27-21)28-29-31(22)14-15-7-2-4-10-18(15)25/h2-5,7,9-11,16H,6,8,12-14H2,1H3,(H,26,27,32). The van der Waals surface area contributed by atoms with Gasteiger partial charge in [-0.15, -0.1) is 5.10 Å². The fourth-order valence-corrected chi connectivity index (χ4v) is 4.54. The first kappa shape index (κ1) is 22.1. The monoisotopic (exact) mass is 478 g/mol. The van der Waals surface area contributed by atoms with Gasteiger partial charge in [0.25, 0.3) is 11.5 Å². The molecule has 1 amide bonds. The predicted octanol–water partition coefficient (Wildman–Crippen LogP) is 3.24. The SMILES string of the molecule is COc1ccccc1C(=O)N1CCCC(c2nc3c(nnn3Cc3ccccc3Cl)c(=O)[nH]2)C1. The molecule has 10 heteroatoms. The number of fused-ring (bicyclic) bond motifs is 1. The van der Waals surface area contributed by atoms with Crippen LogP contribution in [-0.4, -0.2) is 56.0 Å². The summed E-state index contributed by atoms with van der Waals surface area (Å²) in [7, 11) is 1.55. The van der Waals surface area contributed by atoms with Gasteiger partial charge in [-0.1, -0.05) is 47.1 Å². The summed E-state index contributed by atoms with van der Waals surface area (Å²) < 4.78 is 6.94. The van der Waals surface area contributed by atoms with Crippen molar-refractivity contribution in [3.05, 3.63) is 80.9 Å². The maximum Gasteiger partial charge on any atom is 0.281 e. The second kappa shape index (κ2) is 9.26. The van der Waals surface area contributed by atoms with Gasteiger partial charge in [0, 0.05) is 24.0 Å². The molecule has 3 heterocycles. The number of H-pyrrole nitrogens is 1. The van der Waals surface area contributed by atoms with E-state index in [1.807, 2.05) is 30.3 Å². The van der Waals surface area contributed by atoms with Crippen molar-refractivity contribution in [2.45, 2.75) is 25.3 Å². The highest BCUT2D eigenvalue weighted by molar-refractivity contribution is 6.31. The van der Waals surface area contributed by atoms with Crippen LogP contribution in [0.5, 0.6) is 5.75 Å². The number of rotatable bonds is 5. The Kier molecular flexibility index (Phi) is 6.02. The third-order valence-electron chi connectivity index (χ3n) is 6.10. The van der Waals surface area contributed by atoms with Crippen LogP contribution in [0.15, 0.2) is 53.3 Å². The highest BCUT2D eigenvalue weighted by atomic mass is 35.5. The molecule has 1 fully saturated rings. The first-order valence-corrected chi connectivity index (χ1v) is 11.4. The molecule has 1 saturated heterocycles. The van der Waals surface area contributed by atoms with Gasteiger partial charge >= 0.3 is 0 Å². The lowest BCUT2D eigenvalue weighted by atomic mass is 9.96. The molecule has 0 bridgehead atoms. The van der Waals surface area contributed by atoms with Crippen LogP contribution in [0.4, 0.5) is 0 Å². The highest BCUT2D eigenvalue weighted by Gasteiger charge is 2.29. The number of hydrogen-bond donors (Lipinski definition) is 1. The van der Waals surface area contributed by atoms with Gasteiger partial charge in [0.1, 0.15) is 11.6 Å². The Hall–Kier alpha value is -3.72. The first-order chi connectivity index (χ1) is 16.5. The van der Waals surface area contributed by atoms with Crippen LogP contribution in [-0.2, 0) is 6.54 Å². The molecule has 1 aliphatic rings. The van der Waals surface area contributed by atoms with Crippen LogP contribution in [0.2, 0.25) is 5.02 Å². The molecule has 0 spiro atoms. The molecule has 34 heavy (non-hydrogen) atoms. The Balaban J connectivity index is 1.44. The number of halogens is 1. The van der Waals surface area contributed by atoms with E-state index in [0.717, 1.165) is 18.4 Å². The number of nitrogens with zero attached hydrogens (tertiary/aromatic N) is 5. The van der Waals surface area contributed by atoms with Crippen molar-refractivity contribution in [2.75, 3.05) is 20.2 Å². The third kappa shape index (κ3) is 4.14. The number of nitrogens with one attached hydrogen (secondary N) is 1. The maximum atomic E-state index is 13.2. The van der Waals surface area contributed by atoms with E-state index in [0.29, 0.717) is 47.4 Å². The number of aromatic nitrogens is 5. The topological polar surface area (TPSA) is 106 Å². The summed E-state index contributed by atoms with van der Waals surface area (Å²) >= 11 is 6.30. The number of carbonyl (C=O) groups excluding carboxylic acids is 1. The summed E-state index contributed by atoms with van der Waals surface area (Å²) in [6.45, 7) is 1.42. The van der Waals surface area contributed by atoms with E-state index in [9.17, 15) is 9.59 Å². The summed E-state index contributed by atoms with van der Waals surface area (Å²) in [5.41, 5.74) is 1.59. The summed E-state index contributed by atoms with van der Waals surface area (Å²) in [5.74, 6) is 0.846. The number of hydrogen-bond acceptors (Lipinski definition) is 6. The van der Waals surface area contributed by atoms with E-state index >= 15 is 0 Å². The van der Waals surface area contributed by atoms with Crippen molar-refractivity contribution in [1.82, 2.24) is 29.9 Å². The Morgan fingerprint density at radius 2 is 2.00 bits per heavy atom. The van der Waals surface area contributed by atoms with Gasteiger partial charge in [0.15, 0.2) is 11.2 Å². The Morgan fingerprint density at radius 3 is 2.82 bits per heavy atom. The smallest absolute Gasteiger partial charge is 0.281 e. The number of likely N-dealkylation sites (tertiary alicyclic amines) is 1. The summed E-state index contributed by atoms with van der Waals surface area (Å²) in [5, 5.41) is 8.75. The number of benzene rings is 2. The zero-order chi connectivity index (χ0) is 23.7. The average Bonchev–Trinajstić information content (AvgIpc) is 3.28. The number of carbonyl (C=O) groups is 1. The second-order valence-corrected chi connectivity index (χ2v) is 8.66. The molecule has 2 aromatic heterocycles. The van der Waals surface area contributed by atoms with Gasteiger partial charge in [0.2, 0.25) is 0 Å². The third-order valence-corrected chi connectivity index (χ3v) is 6.47. The molecule has 174 valence electrons. The Morgan fingerprint density at radius 1 is 1.21 bits per heavy atom. The first-order valence-electron chi connectivity index (χ1n) is 11.0. The van der Waals surface area contributed by atoms with Gasteiger partial charge in [-0.3, -0.25) is 9.59 Å². The molecule has 0 radical (unpaired) electrons. The zero-order valence-electron chi connectivity index (χ0n) is 18.6. The Bertz CT molecular complexity index is 1420. The van der Waals surface area contributed by atoms with Crippen LogP contribution >= 0.6 is 11.6 Å². The summed E-state index contributed by atoms with van der Waals surface area (Å²) in [6.07, 6.45) is 1.60. The number of ether oxygens (including phenoxy) is 1. The van der Waals surface area contributed by atoms with E-state index in [-0.39, 0.29) is 22.9 Å². The number of methoxy groups -OCH3 is 1. The second-order valence-electron chi connectivity index (χ2n) is 8.25. The van der Waals surface area contributed by atoms with Crippen molar-refractivity contribution >= 4 is 28.7 Å². The van der Waals surface area contributed by atoms with Crippen LogP contribution in [0.3, 0.4) is 0 Å². The normalized spacial score (nSPS) is 16.1. The zero-order valence-corrected chi connectivity index (χ0v) is 19.3. The molecule has 4 aromatic rings. The molecular weight excluding hydrogens is 456 g/mol. The van der Waals surface area contributed by atoms with Crippen LogP contribution in [0.25, 0.3) is 11.2 Å². The molecule has 5 rings (SSSR count). The van der Waals surface area contributed by atoms with E-state index in [2.05, 4.69) is 15.3 Å². The lowest BCUT2D eigenvalue weighted by Crippen LogP contribution is -2.40. The fourth-order valence-electron chi connectivity index (χ4n) is 4.35. The van der Waals surface area contributed by atoms with Crippen molar-refractivity contribution in [3.8, 4) is 5.75 Å². The van der Waals surface area contributed by atoms with Crippen molar-refractivity contribution in [2.24, 2.45) is 0 Å². The molecule has 1 unspecified atom stereocenters. The quantitative estimate of drug-likeness (QED) is 0.472. The molecule has 9 nitrogen and oxygen atoms in total. The van der Waals surface area contributed by atoms with Crippen molar-refractivity contribution in [3.63, 3.8) is 0 Å². The lowest BCUT2D eigenvalue weighted by molar-refractivity contribution is 0.0701. The van der Waals surface area contributed by atoms with Crippen LogP contribution in [0.1, 0.15) is 40.5 Å². The van der Waals surface area contributed by atoms with Crippen LogP contribution < -0.4 is 10.3 Å². The van der Waals surface area contributed by atoms with E-state index in [1.165, 1.54) is 0 Å². The minimum atomic E-state index is -0.349. The summed E-state index contributed by atoms with van der Waals surface area (Å²) in [4.78, 5) is 35.3. The van der Waals surface area contributed by atoms with Gasteiger partial charge < -0.3 is 14.6 Å². The van der Waals surface area contributed by atoms with Gasteiger partial charge in [-0.25, -0.2) is 9.67 Å². The number of aromatic amines is 1. The number of piperidine rings is 1. The molecule has 0 saturated carbocycles. The molecule has 1 atom stereocenters. The van der Waals surface area contributed by atoms with Gasteiger partial charge in [-0.2, -0.15) is 0 Å². The molecule has 1 aliphatic heterocycles. The van der Waals surface area contributed by atoms with E-state index in [1.54, 1.807) is 34.9 Å².